The normalized spacial score (nSPS) is 11.6. The van der Waals surface area contributed by atoms with E-state index in [2.05, 4.69) is 62.2 Å². The molecule has 0 radical (unpaired) electrons. The number of anilines is 1. The van der Waals surface area contributed by atoms with Crippen molar-refractivity contribution in [2.24, 2.45) is 0 Å². The summed E-state index contributed by atoms with van der Waals surface area (Å²) in [6.45, 7) is 12.9. The van der Waals surface area contributed by atoms with Crippen LogP contribution in [0.15, 0.2) is 60.3 Å². The number of allylic oxidation sites excluding steroid dienone is 2. The van der Waals surface area contributed by atoms with Crippen LogP contribution in [0.1, 0.15) is 88.1 Å². The molecule has 0 bridgehead atoms. The highest BCUT2D eigenvalue weighted by Crippen LogP contribution is 2.18. The lowest BCUT2D eigenvalue weighted by Crippen LogP contribution is -2.28. The van der Waals surface area contributed by atoms with E-state index in [0.29, 0.717) is 12.2 Å². The van der Waals surface area contributed by atoms with Gasteiger partial charge in [0.1, 0.15) is 5.75 Å². The van der Waals surface area contributed by atoms with Gasteiger partial charge in [0, 0.05) is 29.6 Å². The first-order valence-electron chi connectivity index (χ1n) is 13.6. The van der Waals surface area contributed by atoms with Gasteiger partial charge < -0.3 is 15.0 Å². The fraction of sp³-hybridized carbons (Fsp3) is 0.516. The number of ether oxygens (including phenoxy) is 1. The minimum Gasteiger partial charge on any atom is -0.494 e. The molecule has 2 aromatic carbocycles. The van der Waals surface area contributed by atoms with Crippen LogP contribution in [0, 0.1) is 6.92 Å². The van der Waals surface area contributed by atoms with Crippen molar-refractivity contribution in [3.8, 4) is 5.75 Å². The smallest absolute Gasteiger partial charge is 0.187 e. The van der Waals surface area contributed by atoms with E-state index in [0.717, 1.165) is 49.4 Å². The zero-order valence-corrected chi connectivity index (χ0v) is 22.4. The summed E-state index contributed by atoms with van der Waals surface area (Å²) in [6, 6.07) is 15.8. The van der Waals surface area contributed by atoms with E-state index in [9.17, 15) is 4.79 Å². The Kier molecular flexibility index (Phi) is 13.9. The molecule has 35 heavy (non-hydrogen) atoms. The van der Waals surface area contributed by atoms with Crippen LogP contribution in [-0.2, 0) is 0 Å². The molecule has 2 rings (SSSR count). The first-order chi connectivity index (χ1) is 17.0. The van der Waals surface area contributed by atoms with Gasteiger partial charge in [0.25, 0.3) is 0 Å². The van der Waals surface area contributed by atoms with Crippen LogP contribution >= 0.6 is 0 Å². The average molecular weight is 479 g/mol. The Bertz CT molecular complexity index is 864. The van der Waals surface area contributed by atoms with Crippen molar-refractivity contribution in [2.75, 3.05) is 31.6 Å². The van der Waals surface area contributed by atoms with Crippen LogP contribution in [0.5, 0.6) is 5.75 Å². The molecule has 0 amide bonds. The molecule has 4 heteroatoms. The molecule has 0 aromatic heterocycles. The van der Waals surface area contributed by atoms with Crippen LogP contribution < -0.4 is 10.1 Å². The fourth-order valence-corrected chi connectivity index (χ4v) is 3.89. The average Bonchev–Trinajstić information content (AvgIpc) is 2.87. The zero-order chi connectivity index (χ0) is 25.3. The summed E-state index contributed by atoms with van der Waals surface area (Å²) >= 11 is 0. The zero-order valence-electron chi connectivity index (χ0n) is 22.4. The summed E-state index contributed by atoms with van der Waals surface area (Å²) in [7, 11) is 0. The van der Waals surface area contributed by atoms with Crippen molar-refractivity contribution in [1.82, 2.24) is 4.90 Å². The predicted octanol–water partition coefficient (Wildman–Crippen LogP) is 8.04. The number of nitrogens with one attached hydrogen (secondary N) is 1. The van der Waals surface area contributed by atoms with E-state index in [-0.39, 0.29) is 5.78 Å². The minimum atomic E-state index is 0.0183. The number of aryl methyl sites for hydroxylation is 1. The maximum Gasteiger partial charge on any atom is 0.187 e. The third-order valence-electron chi connectivity index (χ3n) is 6.14. The number of hydrogen-bond donors (Lipinski definition) is 1. The third kappa shape index (κ3) is 11.6. The van der Waals surface area contributed by atoms with Gasteiger partial charge in [-0.2, -0.15) is 0 Å². The molecule has 0 saturated heterocycles. The molecule has 0 heterocycles. The standard InChI is InChI=1S/C31H46N2O2/c1-5-8-12-29(32-28-17-13-26(4)14-18-28)25-31(34)27-15-19-30(20-16-27)35-24-11-23-33(21-9-6-2)22-10-7-3/h13-20,25,32H,5-12,21-24H2,1-4H3/b29-25+. The summed E-state index contributed by atoms with van der Waals surface area (Å²) in [5.41, 5.74) is 3.87. The highest BCUT2D eigenvalue weighted by molar-refractivity contribution is 6.05. The summed E-state index contributed by atoms with van der Waals surface area (Å²) < 4.78 is 5.96. The monoisotopic (exact) mass is 478 g/mol. The van der Waals surface area contributed by atoms with Crippen molar-refractivity contribution in [3.63, 3.8) is 0 Å². The molecule has 0 fully saturated rings. The lowest BCUT2D eigenvalue weighted by atomic mass is 10.1. The van der Waals surface area contributed by atoms with Gasteiger partial charge in [-0.3, -0.25) is 4.79 Å². The van der Waals surface area contributed by atoms with Crippen molar-refractivity contribution in [2.45, 2.75) is 79.1 Å². The molecule has 4 nitrogen and oxygen atoms in total. The van der Waals surface area contributed by atoms with Gasteiger partial charge >= 0.3 is 0 Å². The maximum absolute atomic E-state index is 12.9. The van der Waals surface area contributed by atoms with Gasteiger partial charge in [-0.05, 0) is 88.5 Å². The highest BCUT2D eigenvalue weighted by Gasteiger charge is 2.08. The number of rotatable bonds is 18. The number of carbonyl (C=O) groups excluding carboxylic acids is 1. The number of benzene rings is 2. The Morgan fingerprint density at radius 3 is 2.03 bits per heavy atom. The number of nitrogens with zero attached hydrogens (tertiary/aromatic N) is 1. The lowest BCUT2D eigenvalue weighted by Gasteiger charge is -2.21. The lowest BCUT2D eigenvalue weighted by molar-refractivity contribution is 0.104. The van der Waals surface area contributed by atoms with Crippen LogP contribution in [0.3, 0.4) is 0 Å². The molecule has 0 aliphatic heterocycles. The number of hydrogen-bond acceptors (Lipinski definition) is 4. The van der Waals surface area contributed by atoms with Gasteiger partial charge in [-0.15, -0.1) is 0 Å². The second-order valence-electron chi connectivity index (χ2n) is 9.40. The van der Waals surface area contributed by atoms with E-state index in [1.54, 1.807) is 6.08 Å². The summed E-state index contributed by atoms with van der Waals surface area (Å²) in [5, 5.41) is 3.43. The third-order valence-corrected chi connectivity index (χ3v) is 6.14. The quantitative estimate of drug-likeness (QED) is 0.134. The molecule has 0 aliphatic carbocycles. The summed E-state index contributed by atoms with van der Waals surface area (Å²) in [6.07, 6.45) is 10.7. The topological polar surface area (TPSA) is 41.6 Å². The second-order valence-corrected chi connectivity index (χ2v) is 9.40. The Morgan fingerprint density at radius 2 is 1.43 bits per heavy atom. The van der Waals surface area contributed by atoms with Gasteiger partial charge in [0.15, 0.2) is 5.78 Å². The maximum atomic E-state index is 12.9. The molecule has 1 N–H and O–H groups in total. The van der Waals surface area contributed by atoms with Crippen molar-refractivity contribution < 1.29 is 9.53 Å². The Labute approximate surface area is 213 Å². The van der Waals surface area contributed by atoms with E-state index in [1.807, 2.05) is 24.3 Å². The van der Waals surface area contributed by atoms with Crippen molar-refractivity contribution in [1.29, 1.82) is 0 Å². The Hall–Kier alpha value is -2.59. The van der Waals surface area contributed by atoms with E-state index in [1.165, 1.54) is 44.3 Å². The predicted molar refractivity (Wildman–Crippen MR) is 150 cm³/mol. The molecular weight excluding hydrogens is 432 g/mol. The molecule has 0 unspecified atom stereocenters. The Morgan fingerprint density at radius 1 is 0.829 bits per heavy atom. The number of unbranched alkanes of at least 4 members (excludes halogenated alkanes) is 3. The molecular formula is C31H46N2O2. The van der Waals surface area contributed by atoms with Crippen LogP contribution in [0.2, 0.25) is 0 Å². The molecule has 192 valence electrons. The van der Waals surface area contributed by atoms with E-state index >= 15 is 0 Å². The summed E-state index contributed by atoms with van der Waals surface area (Å²) in [5.74, 6) is 0.841. The minimum absolute atomic E-state index is 0.0183. The van der Waals surface area contributed by atoms with Crippen LogP contribution in [0.25, 0.3) is 0 Å². The molecule has 0 atom stereocenters. The van der Waals surface area contributed by atoms with Crippen LogP contribution in [-0.4, -0.2) is 36.9 Å². The second kappa shape index (κ2) is 16.9. The molecule has 0 spiro atoms. The SMILES string of the molecule is CCCC/C(=C\C(=O)c1ccc(OCCCN(CCCC)CCCC)cc1)Nc1ccc(C)cc1. The van der Waals surface area contributed by atoms with Crippen molar-refractivity contribution >= 4 is 11.5 Å². The molecule has 2 aromatic rings. The number of ketones is 1. The van der Waals surface area contributed by atoms with Gasteiger partial charge in [0.2, 0.25) is 0 Å². The molecule has 0 aliphatic rings. The van der Waals surface area contributed by atoms with E-state index < -0.39 is 0 Å². The number of carbonyl (C=O) groups is 1. The van der Waals surface area contributed by atoms with E-state index in [4.69, 9.17) is 4.74 Å². The van der Waals surface area contributed by atoms with Crippen LogP contribution in [0.4, 0.5) is 5.69 Å². The first kappa shape index (κ1) is 28.6. The van der Waals surface area contributed by atoms with Gasteiger partial charge in [-0.1, -0.05) is 57.7 Å². The van der Waals surface area contributed by atoms with Gasteiger partial charge in [0.05, 0.1) is 6.61 Å². The summed E-state index contributed by atoms with van der Waals surface area (Å²) in [4.78, 5) is 15.5. The van der Waals surface area contributed by atoms with Crippen molar-refractivity contribution in [3.05, 3.63) is 71.4 Å². The highest BCUT2D eigenvalue weighted by atomic mass is 16.5. The fourth-order valence-electron chi connectivity index (χ4n) is 3.89. The Balaban J connectivity index is 1.89. The molecule has 0 saturated carbocycles. The first-order valence-corrected chi connectivity index (χ1v) is 13.6. The van der Waals surface area contributed by atoms with Gasteiger partial charge in [-0.25, -0.2) is 0 Å². The largest absolute Gasteiger partial charge is 0.494 e.